The number of carbonyl (C=O) groups excluding carboxylic acids is 2. The van der Waals surface area contributed by atoms with E-state index in [0.717, 1.165) is 12.0 Å². The third-order valence-corrected chi connectivity index (χ3v) is 5.84. The summed E-state index contributed by atoms with van der Waals surface area (Å²) >= 11 is 0. The topological polar surface area (TPSA) is 49.4 Å². The zero-order chi connectivity index (χ0) is 24.5. The average Bonchev–Trinajstić information content (AvgIpc) is 2.84. The van der Waals surface area contributed by atoms with E-state index in [0.29, 0.717) is 12.0 Å². The van der Waals surface area contributed by atoms with Crippen LogP contribution in [0.25, 0.3) is 0 Å². The van der Waals surface area contributed by atoms with Gasteiger partial charge in [-0.05, 0) is 48.2 Å². The summed E-state index contributed by atoms with van der Waals surface area (Å²) in [4.78, 5) is 28.4. The van der Waals surface area contributed by atoms with Crippen LogP contribution in [0, 0.1) is 11.6 Å². The largest absolute Gasteiger partial charge is 0.352 e. The summed E-state index contributed by atoms with van der Waals surface area (Å²) in [6.07, 6.45) is 0.855. The number of carbonyl (C=O) groups is 2. The smallest absolute Gasteiger partial charge is 0.243 e. The van der Waals surface area contributed by atoms with Crippen LogP contribution in [0.3, 0.4) is 0 Å². The van der Waals surface area contributed by atoms with E-state index in [4.69, 9.17) is 0 Å². The number of benzene rings is 3. The van der Waals surface area contributed by atoms with Crippen LogP contribution in [-0.2, 0) is 29.0 Å². The summed E-state index contributed by atoms with van der Waals surface area (Å²) in [5.74, 6) is -1.51. The van der Waals surface area contributed by atoms with Crippen LogP contribution in [0.15, 0.2) is 78.9 Å². The molecule has 0 saturated heterocycles. The minimum atomic E-state index is -0.819. The van der Waals surface area contributed by atoms with E-state index in [2.05, 4.69) is 5.32 Å². The highest BCUT2D eigenvalue weighted by Crippen LogP contribution is 2.18. The summed E-state index contributed by atoms with van der Waals surface area (Å²) in [6.45, 7) is 3.97. The first-order chi connectivity index (χ1) is 16.4. The van der Waals surface area contributed by atoms with Crippen molar-refractivity contribution in [2.45, 2.75) is 51.7 Å². The summed E-state index contributed by atoms with van der Waals surface area (Å²) in [7, 11) is 0. The molecule has 0 saturated carbocycles. The molecular weight excluding hydrogens is 434 g/mol. The second-order valence-electron chi connectivity index (χ2n) is 8.44. The SMILES string of the molecule is CC[C@@H](C)NC(=O)[C@@H](Cc1ccccc1)N(Cc1ccc(F)cc1)C(=O)Cc1ccccc1F. The molecule has 34 heavy (non-hydrogen) atoms. The van der Waals surface area contributed by atoms with Gasteiger partial charge in [-0.3, -0.25) is 9.59 Å². The molecule has 0 bridgehead atoms. The Hall–Kier alpha value is -3.54. The molecule has 0 fully saturated rings. The van der Waals surface area contributed by atoms with Crippen LogP contribution in [0.4, 0.5) is 8.78 Å². The Bertz CT molecular complexity index is 1090. The van der Waals surface area contributed by atoms with E-state index in [9.17, 15) is 18.4 Å². The molecule has 0 heterocycles. The molecule has 2 atom stereocenters. The van der Waals surface area contributed by atoms with Crippen molar-refractivity contribution >= 4 is 11.8 Å². The molecule has 3 aromatic carbocycles. The highest BCUT2D eigenvalue weighted by molar-refractivity contribution is 5.89. The van der Waals surface area contributed by atoms with Crippen LogP contribution in [-0.4, -0.2) is 28.8 Å². The molecule has 0 radical (unpaired) electrons. The van der Waals surface area contributed by atoms with Crippen molar-refractivity contribution < 1.29 is 18.4 Å². The third-order valence-electron chi connectivity index (χ3n) is 5.84. The molecule has 2 amide bonds. The van der Waals surface area contributed by atoms with Gasteiger partial charge in [-0.15, -0.1) is 0 Å². The van der Waals surface area contributed by atoms with Crippen molar-refractivity contribution in [2.24, 2.45) is 0 Å². The predicted molar refractivity (Wildman–Crippen MR) is 129 cm³/mol. The van der Waals surface area contributed by atoms with Gasteiger partial charge in [0.05, 0.1) is 6.42 Å². The average molecular weight is 465 g/mol. The van der Waals surface area contributed by atoms with Crippen molar-refractivity contribution in [2.75, 3.05) is 0 Å². The molecule has 1 N–H and O–H groups in total. The molecule has 0 unspecified atom stereocenters. The first-order valence-corrected chi connectivity index (χ1v) is 11.5. The van der Waals surface area contributed by atoms with Gasteiger partial charge in [0.1, 0.15) is 17.7 Å². The first-order valence-electron chi connectivity index (χ1n) is 11.5. The number of nitrogens with zero attached hydrogens (tertiary/aromatic N) is 1. The highest BCUT2D eigenvalue weighted by atomic mass is 19.1. The van der Waals surface area contributed by atoms with Crippen LogP contribution in [0.2, 0.25) is 0 Å². The van der Waals surface area contributed by atoms with E-state index in [-0.39, 0.29) is 42.2 Å². The number of rotatable bonds is 10. The molecule has 178 valence electrons. The number of halogens is 2. The fraction of sp³-hybridized carbons (Fsp3) is 0.286. The van der Waals surface area contributed by atoms with E-state index >= 15 is 0 Å². The van der Waals surface area contributed by atoms with E-state index in [1.165, 1.54) is 23.1 Å². The zero-order valence-corrected chi connectivity index (χ0v) is 19.5. The highest BCUT2D eigenvalue weighted by Gasteiger charge is 2.31. The normalized spacial score (nSPS) is 12.6. The Kier molecular flexibility index (Phi) is 8.91. The number of nitrogens with one attached hydrogen (secondary N) is 1. The monoisotopic (exact) mass is 464 g/mol. The van der Waals surface area contributed by atoms with Gasteiger partial charge in [0.25, 0.3) is 0 Å². The van der Waals surface area contributed by atoms with Gasteiger partial charge in [0.2, 0.25) is 11.8 Å². The minimum absolute atomic E-state index is 0.0693. The fourth-order valence-corrected chi connectivity index (χ4v) is 3.69. The zero-order valence-electron chi connectivity index (χ0n) is 19.5. The van der Waals surface area contributed by atoms with Gasteiger partial charge in [0, 0.05) is 19.0 Å². The number of amides is 2. The lowest BCUT2D eigenvalue weighted by Gasteiger charge is -2.32. The number of hydrogen-bond acceptors (Lipinski definition) is 2. The fourth-order valence-electron chi connectivity index (χ4n) is 3.69. The lowest BCUT2D eigenvalue weighted by molar-refractivity contribution is -0.141. The van der Waals surface area contributed by atoms with Crippen LogP contribution >= 0.6 is 0 Å². The summed E-state index contributed by atoms with van der Waals surface area (Å²) in [6, 6.07) is 20.5. The van der Waals surface area contributed by atoms with Crippen LogP contribution in [0.1, 0.15) is 37.0 Å². The molecule has 0 aliphatic heterocycles. The molecule has 0 aliphatic rings. The van der Waals surface area contributed by atoms with Gasteiger partial charge in [0.15, 0.2) is 0 Å². The summed E-state index contributed by atoms with van der Waals surface area (Å²) < 4.78 is 27.8. The van der Waals surface area contributed by atoms with E-state index < -0.39 is 11.9 Å². The van der Waals surface area contributed by atoms with E-state index in [1.807, 2.05) is 44.2 Å². The van der Waals surface area contributed by atoms with E-state index in [1.54, 1.807) is 30.3 Å². The maximum atomic E-state index is 14.3. The molecule has 0 aromatic heterocycles. The van der Waals surface area contributed by atoms with Gasteiger partial charge in [-0.1, -0.05) is 67.6 Å². The maximum absolute atomic E-state index is 14.3. The first kappa shape index (κ1) is 25.1. The van der Waals surface area contributed by atoms with Gasteiger partial charge >= 0.3 is 0 Å². The lowest BCUT2D eigenvalue weighted by Crippen LogP contribution is -2.52. The standard InChI is InChI=1S/C28H30F2N2O2/c1-3-20(2)31-28(34)26(17-21-9-5-4-6-10-21)32(19-22-13-15-24(29)16-14-22)27(33)18-23-11-7-8-12-25(23)30/h4-16,20,26H,3,17-19H2,1-2H3,(H,31,34)/t20-,26-/m1/s1. The molecule has 3 rings (SSSR count). The van der Waals surface area contributed by atoms with Gasteiger partial charge in [-0.2, -0.15) is 0 Å². The Morgan fingerprint density at radius 2 is 1.53 bits per heavy atom. The molecule has 0 spiro atoms. The van der Waals surface area contributed by atoms with Crippen LogP contribution in [0.5, 0.6) is 0 Å². The Balaban J connectivity index is 1.97. The van der Waals surface area contributed by atoms with Crippen molar-refractivity contribution in [3.05, 3.63) is 107 Å². The van der Waals surface area contributed by atoms with Crippen molar-refractivity contribution in [1.82, 2.24) is 10.2 Å². The van der Waals surface area contributed by atoms with Crippen molar-refractivity contribution in [3.63, 3.8) is 0 Å². The Labute approximate surface area is 199 Å². The van der Waals surface area contributed by atoms with Crippen molar-refractivity contribution in [1.29, 1.82) is 0 Å². The summed E-state index contributed by atoms with van der Waals surface area (Å²) in [5, 5.41) is 2.99. The number of hydrogen-bond donors (Lipinski definition) is 1. The minimum Gasteiger partial charge on any atom is -0.352 e. The second kappa shape index (κ2) is 12.1. The second-order valence-corrected chi connectivity index (χ2v) is 8.44. The van der Waals surface area contributed by atoms with Crippen molar-refractivity contribution in [3.8, 4) is 0 Å². The summed E-state index contributed by atoms with van der Waals surface area (Å²) in [5.41, 5.74) is 1.84. The maximum Gasteiger partial charge on any atom is 0.243 e. The van der Waals surface area contributed by atoms with Gasteiger partial charge in [-0.25, -0.2) is 8.78 Å². The third kappa shape index (κ3) is 6.98. The molecule has 4 nitrogen and oxygen atoms in total. The Morgan fingerprint density at radius 3 is 2.18 bits per heavy atom. The molecular formula is C28H30F2N2O2. The molecule has 0 aliphatic carbocycles. The molecule has 6 heteroatoms. The Morgan fingerprint density at radius 1 is 0.882 bits per heavy atom. The predicted octanol–water partition coefficient (Wildman–Crippen LogP) is 5.06. The molecule has 3 aromatic rings. The van der Waals surface area contributed by atoms with Gasteiger partial charge < -0.3 is 10.2 Å². The lowest BCUT2D eigenvalue weighted by atomic mass is 10.0. The quantitative estimate of drug-likeness (QED) is 0.456. The van der Waals surface area contributed by atoms with Crippen LogP contribution < -0.4 is 5.32 Å².